The predicted octanol–water partition coefficient (Wildman–Crippen LogP) is 16.2. The lowest BCUT2D eigenvalue weighted by atomic mass is 9.90. The highest BCUT2D eigenvalue weighted by Crippen LogP contribution is 2.44. The van der Waals surface area contributed by atoms with Crippen LogP contribution in [0.1, 0.15) is 34.4 Å². The van der Waals surface area contributed by atoms with Crippen LogP contribution in [0.4, 0.5) is 0 Å². The molecule has 0 bridgehead atoms. The Balaban J connectivity index is 0.909. The van der Waals surface area contributed by atoms with Crippen LogP contribution in [0, 0.1) is 13.8 Å². The lowest BCUT2D eigenvalue weighted by Gasteiger charge is -2.13. The van der Waals surface area contributed by atoms with Crippen LogP contribution in [0.2, 0.25) is 0 Å². The van der Waals surface area contributed by atoms with Gasteiger partial charge in [-0.2, -0.15) is 0 Å². The fourth-order valence-electron chi connectivity index (χ4n) is 9.79. The Labute approximate surface area is 344 Å². The lowest BCUT2D eigenvalue weighted by molar-refractivity contribution is 0.548. The maximum absolute atomic E-state index is 6.69. The highest BCUT2D eigenvalue weighted by Gasteiger charge is 2.22. The van der Waals surface area contributed by atoms with Gasteiger partial charge in [0, 0.05) is 49.7 Å². The molecule has 4 heteroatoms. The van der Waals surface area contributed by atoms with Gasteiger partial charge in [-0.25, -0.2) is 0 Å². The van der Waals surface area contributed by atoms with Gasteiger partial charge in [-0.1, -0.05) is 78.9 Å². The monoisotopic (exact) mass is 772 g/mol. The summed E-state index contributed by atoms with van der Waals surface area (Å²) in [5.41, 5.74) is 19.0. The lowest BCUT2D eigenvalue weighted by Crippen LogP contribution is -1.96. The van der Waals surface area contributed by atoms with Crippen LogP contribution in [0.5, 0.6) is 0 Å². The first-order valence-corrected chi connectivity index (χ1v) is 20.7. The normalized spacial score (nSPS) is 13.1. The molecular weight excluding hydrogens is 737 g/mol. The molecule has 0 atom stereocenters. The zero-order chi connectivity index (χ0) is 39.6. The van der Waals surface area contributed by atoms with Gasteiger partial charge in [0.2, 0.25) is 0 Å². The van der Waals surface area contributed by atoms with Crippen LogP contribution in [-0.4, -0.2) is 0 Å². The number of hydrogen-bond donors (Lipinski definition) is 0. The summed E-state index contributed by atoms with van der Waals surface area (Å²) in [7, 11) is 0. The van der Waals surface area contributed by atoms with Gasteiger partial charge in [0.15, 0.2) is 11.2 Å². The first-order valence-electron chi connectivity index (χ1n) is 20.7. The van der Waals surface area contributed by atoms with E-state index in [9.17, 15) is 0 Å². The van der Waals surface area contributed by atoms with Crippen molar-refractivity contribution in [1.29, 1.82) is 0 Å². The number of allylic oxidation sites excluding steroid dienone is 1. The van der Waals surface area contributed by atoms with Crippen LogP contribution < -0.4 is 0 Å². The van der Waals surface area contributed by atoms with Gasteiger partial charge in [-0.15, -0.1) is 0 Å². The van der Waals surface area contributed by atoms with Crippen molar-refractivity contribution in [3.8, 4) is 33.4 Å². The molecule has 1 aliphatic carbocycles. The molecule has 284 valence electrons. The summed E-state index contributed by atoms with van der Waals surface area (Å²) >= 11 is 0. The molecule has 0 saturated carbocycles. The molecule has 0 aliphatic heterocycles. The Morgan fingerprint density at radius 2 is 0.850 bits per heavy atom. The largest absolute Gasteiger partial charge is 0.460 e. The molecular formula is C56H36O4. The van der Waals surface area contributed by atoms with Gasteiger partial charge in [0.1, 0.15) is 33.7 Å². The van der Waals surface area contributed by atoms with E-state index >= 15 is 0 Å². The van der Waals surface area contributed by atoms with E-state index in [1.54, 1.807) is 0 Å². The molecule has 0 radical (unpaired) electrons. The third kappa shape index (κ3) is 4.97. The Morgan fingerprint density at radius 3 is 1.45 bits per heavy atom. The van der Waals surface area contributed by atoms with Crippen molar-refractivity contribution < 1.29 is 17.7 Å². The highest BCUT2D eigenvalue weighted by atomic mass is 16.4. The van der Waals surface area contributed by atoms with Crippen molar-refractivity contribution in [2.75, 3.05) is 0 Å². The zero-order valence-electron chi connectivity index (χ0n) is 33.1. The third-order valence-corrected chi connectivity index (χ3v) is 12.9. The molecule has 60 heavy (non-hydrogen) atoms. The second kappa shape index (κ2) is 12.5. The minimum Gasteiger partial charge on any atom is -0.460 e. The molecule has 4 heterocycles. The Kier molecular flexibility index (Phi) is 6.95. The van der Waals surface area contributed by atoms with Gasteiger partial charge in [0.25, 0.3) is 0 Å². The van der Waals surface area contributed by atoms with Gasteiger partial charge in [-0.05, 0) is 155 Å². The molecule has 0 fully saturated rings. The number of hydrogen-bond acceptors (Lipinski definition) is 4. The van der Waals surface area contributed by atoms with Crippen LogP contribution in [0.15, 0.2) is 169 Å². The van der Waals surface area contributed by atoms with Gasteiger partial charge in [0.05, 0.1) is 0 Å². The molecule has 4 aromatic heterocycles. The summed E-state index contributed by atoms with van der Waals surface area (Å²) in [4.78, 5) is 0. The van der Waals surface area contributed by atoms with E-state index < -0.39 is 0 Å². The molecule has 12 aromatic rings. The molecule has 8 aromatic carbocycles. The van der Waals surface area contributed by atoms with E-state index in [-0.39, 0.29) is 0 Å². The summed E-state index contributed by atoms with van der Waals surface area (Å²) < 4.78 is 26.1. The summed E-state index contributed by atoms with van der Waals surface area (Å²) in [6.45, 7) is 4.32. The van der Waals surface area contributed by atoms with Crippen LogP contribution in [0.25, 0.3) is 122 Å². The van der Waals surface area contributed by atoms with Crippen LogP contribution in [0.3, 0.4) is 0 Å². The molecule has 1 aliphatic rings. The quantitative estimate of drug-likeness (QED) is 0.179. The van der Waals surface area contributed by atoms with E-state index in [2.05, 4.69) is 166 Å². The average Bonchev–Trinajstić information content (AvgIpc) is 4.05. The van der Waals surface area contributed by atoms with E-state index in [0.717, 1.165) is 123 Å². The standard InChI is InChI=1S/C56H36O4/c1-31-23-53-47(29-41(31)37-15-21-51-45(27-37)43-25-35(13-19-49(43)57-51)33-9-5-3-6-10-33)39-17-18-40-48-30-42(32(2)24-54(48)60-56(40)55(39)59-53)38-16-22-52-46(28-38)44-26-36(14-20-50(44)58-52)34-11-7-4-8-12-34/h3-13,15-19,21-30H,14,20H2,1-2H3. The topological polar surface area (TPSA) is 52.6 Å². The van der Waals surface area contributed by atoms with Crippen molar-refractivity contribution in [2.45, 2.75) is 26.7 Å². The van der Waals surface area contributed by atoms with Crippen LogP contribution >= 0.6 is 0 Å². The first kappa shape index (κ1) is 33.4. The van der Waals surface area contributed by atoms with Crippen molar-refractivity contribution >= 4 is 88.4 Å². The molecule has 13 rings (SSSR count). The summed E-state index contributed by atoms with van der Waals surface area (Å²) in [5, 5.41) is 7.59. The maximum Gasteiger partial charge on any atom is 0.178 e. The van der Waals surface area contributed by atoms with Crippen molar-refractivity contribution in [2.24, 2.45) is 0 Å². The van der Waals surface area contributed by atoms with E-state index in [4.69, 9.17) is 17.7 Å². The number of benzene rings is 8. The fraction of sp³-hybridized carbons (Fsp3) is 0.0714. The Bertz CT molecular complexity index is 3770. The number of aryl methyl sites for hydroxylation is 3. The van der Waals surface area contributed by atoms with E-state index in [1.165, 1.54) is 33.4 Å². The second-order valence-electron chi connectivity index (χ2n) is 16.4. The predicted molar refractivity (Wildman–Crippen MR) is 246 cm³/mol. The SMILES string of the molecule is Cc1cc2oc3c(ccc4c5cc(-c6ccc7oc8ccc(-c9ccccc9)cc8c7c6)c(C)cc5oc43)c2cc1-c1ccc2oc3c(c2c1)C=C(c1ccccc1)CC3. The first-order chi connectivity index (χ1) is 29.5. The number of furan rings is 4. The number of fused-ring (bicyclic) bond motifs is 13. The van der Waals surface area contributed by atoms with Gasteiger partial charge < -0.3 is 17.7 Å². The molecule has 0 amide bonds. The molecule has 0 N–H and O–H groups in total. The van der Waals surface area contributed by atoms with Gasteiger partial charge >= 0.3 is 0 Å². The Morgan fingerprint density at radius 1 is 0.350 bits per heavy atom. The smallest absolute Gasteiger partial charge is 0.178 e. The fourth-order valence-corrected chi connectivity index (χ4v) is 9.79. The summed E-state index contributed by atoms with van der Waals surface area (Å²) in [5.74, 6) is 1.07. The minimum absolute atomic E-state index is 0.770. The van der Waals surface area contributed by atoms with Gasteiger partial charge in [-0.3, -0.25) is 0 Å². The van der Waals surface area contributed by atoms with E-state index in [1.807, 2.05) is 6.07 Å². The Hall–Kier alpha value is -7.56. The van der Waals surface area contributed by atoms with Crippen molar-refractivity contribution in [3.05, 3.63) is 180 Å². The molecule has 4 nitrogen and oxygen atoms in total. The summed E-state index contributed by atoms with van der Waals surface area (Å²) in [6.07, 6.45) is 4.20. The zero-order valence-corrected chi connectivity index (χ0v) is 33.1. The van der Waals surface area contributed by atoms with Crippen molar-refractivity contribution in [1.82, 2.24) is 0 Å². The molecule has 0 saturated heterocycles. The van der Waals surface area contributed by atoms with Crippen LogP contribution in [-0.2, 0) is 6.42 Å². The minimum atomic E-state index is 0.770. The number of rotatable bonds is 4. The third-order valence-electron chi connectivity index (χ3n) is 12.9. The van der Waals surface area contributed by atoms with E-state index in [0.29, 0.717) is 0 Å². The maximum atomic E-state index is 6.69. The molecule has 0 unspecified atom stereocenters. The molecule has 0 spiro atoms. The second-order valence-corrected chi connectivity index (χ2v) is 16.4. The summed E-state index contributed by atoms with van der Waals surface area (Å²) in [6, 6.07) is 54.0. The highest BCUT2D eigenvalue weighted by molar-refractivity contribution is 6.20. The van der Waals surface area contributed by atoms with Crippen molar-refractivity contribution in [3.63, 3.8) is 0 Å². The average molecular weight is 773 g/mol.